The molecule has 0 atom stereocenters. The molecule has 1 aliphatic rings. The fourth-order valence-electron chi connectivity index (χ4n) is 2.82. The molecular formula is C20H20O. The van der Waals surface area contributed by atoms with Crippen LogP contribution in [-0.2, 0) is 11.2 Å². The van der Waals surface area contributed by atoms with Gasteiger partial charge in [-0.3, -0.25) is 4.79 Å². The lowest BCUT2D eigenvalue weighted by Crippen LogP contribution is -2.07. The van der Waals surface area contributed by atoms with Gasteiger partial charge in [-0.05, 0) is 54.0 Å². The lowest BCUT2D eigenvalue weighted by Gasteiger charge is -2.12. The Morgan fingerprint density at radius 2 is 1.48 bits per heavy atom. The number of Topliss-reactive ketones (excluding diaryl/α,β-unsaturated/α-hetero) is 1. The van der Waals surface area contributed by atoms with Crippen molar-refractivity contribution in [3.8, 4) is 0 Å². The number of carbonyl (C=O) groups excluding carboxylic acids is 1. The third-order valence-electron chi connectivity index (χ3n) is 4.03. The van der Waals surface area contributed by atoms with E-state index in [0.29, 0.717) is 5.78 Å². The standard InChI is InChI=1S/C20H20O/c21-20-9-5-4-8-19(20)15-18-12-10-17(11-13-18)14-16-6-2-1-3-7-16/h1-3,6-7,10-13,15H,4-5,8-9,14H2. The van der Waals surface area contributed by atoms with Crippen LogP contribution >= 0.6 is 0 Å². The van der Waals surface area contributed by atoms with Crippen LogP contribution in [0.15, 0.2) is 60.2 Å². The molecule has 21 heavy (non-hydrogen) atoms. The van der Waals surface area contributed by atoms with Crippen molar-refractivity contribution < 1.29 is 4.79 Å². The van der Waals surface area contributed by atoms with Gasteiger partial charge >= 0.3 is 0 Å². The Bertz CT molecular complexity index is 635. The summed E-state index contributed by atoms with van der Waals surface area (Å²) < 4.78 is 0. The maximum Gasteiger partial charge on any atom is 0.158 e. The molecule has 0 saturated heterocycles. The van der Waals surface area contributed by atoms with E-state index in [-0.39, 0.29) is 0 Å². The second-order valence-corrected chi connectivity index (χ2v) is 5.70. The Morgan fingerprint density at radius 1 is 0.810 bits per heavy atom. The minimum absolute atomic E-state index is 0.328. The average molecular weight is 276 g/mol. The van der Waals surface area contributed by atoms with Crippen LogP contribution in [-0.4, -0.2) is 5.78 Å². The summed E-state index contributed by atoms with van der Waals surface area (Å²) in [7, 11) is 0. The normalized spacial score (nSPS) is 17.1. The van der Waals surface area contributed by atoms with Crippen molar-refractivity contribution in [2.24, 2.45) is 0 Å². The van der Waals surface area contributed by atoms with Crippen molar-refractivity contribution in [3.63, 3.8) is 0 Å². The summed E-state index contributed by atoms with van der Waals surface area (Å²) in [6.45, 7) is 0. The van der Waals surface area contributed by atoms with Gasteiger partial charge in [0, 0.05) is 6.42 Å². The zero-order valence-electron chi connectivity index (χ0n) is 12.2. The molecule has 0 amide bonds. The molecule has 2 aromatic rings. The molecule has 1 aliphatic carbocycles. The molecule has 3 rings (SSSR count). The van der Waals surface area contributed by atoms with Crippen molar-refractivity contribution in [2.45, 2.75) is 32.1 Å². The highest BCUT2D eigenvalue weighted by molar-refractivity contribution is 6.00. The minimum atomic E-state index is 0.328. The van der Waals surface area contributed by atoms with Gasteiger partial charge in [0.15, 0.2) is 5.78 Å². The summed E-state index contributed by atoms with van der Waals surface area (Å²) in [6, 6.07) is 19.0. The van der Waals surface area contributed by atoms with Crippen molar-refractivity contribution >= 4 is 11.9 Å². The fourth-order valence-corrected chi connectivity index (χ4v) is 2.82. The van der Waals surface area contributed by atoms with Gasteiger partial charge in [-0.25, -0.2) is 0 Å². The number of hydrogen-bond acceptors (Lipinski definition) is 1. The summed E-state index contributed by atoms with van der Waals surface area (Å²) in [4.78, 5) is 11.8. The van der Waals surface area contributed by atoms with Gasteiger partial charge in [-0.2, -0.15) is 0 Å². The predicted octanol–water partition coefficient (Wildman–Crippen LogP) is 4.80. The third-order valence-corrected chi connectivity index (χ3v) is 4.03. The minimum Gasteiger partial charge on any atom is -0.295 e. The second-order valence-electron chi connectivity index (χ2n) is 5.70. The summed E-state index contributed by atoms with van der Waals surface area (Å²) >= 11 is 0. The zero-order valence-corrected chi connectivity index (χ0v) is 12.2. The molecule has 0 heterocycles. The Morgan fingerprint density at radius 3 is 2.19 bits per heavy atom. The van der Waals surface area contributed by atoms with E-state index in [9.17, 15) is 4.79 Å². The highest BCUT2D eigenvalue weighted by Crippen LogP contribution is 2.22. The quantitative estimate of drug-likeness (QED) is 0.736. The van der Waals surface area contributed by atoms with Crippen molar-refractivity contribution in [1.29, 1.82) is 0 Å². The molecule has 1 saturated carbocycles. The van der Waals surface area contributed by atoms with E-state index in [1.807, 2.05) is 6.07 Å². The van der Waals surface area contributed by atoms with Gasteiger partial charge in [0.2, 0.25) is 0 Å². The maximum absolute atomic E-state index is 11.8. The highest BCUT2D eigenvalue weighted by atomic mass is 16.1. The molecule has 0 unspecified atom stereocenters. The number of rotatable bonds is 3. The van der Waals surface area contributed by atoms with E-state index < -0.39 is 0 Å². The largest absolute Gasteiger partial charge is 0.295 e. The molecule has 0 aliphatic heterocycles. The lowest BCUT2D eigenvalue weighted by molar-refractivity contribution is -0.116. The summed E-state index contributed by atoms with van der Waals surface area (Å²) in [5.74, 6) is 0.328. The topological polar surface area (TPSA) is 17.1 Å². The molecular weight excluding hydrogens is 256 g/mol. The first kappa shape index (κ1) is 13.8. The van der Waals surface area contributed by atoms with Crippen LogP contribution in [0.3, 0.4) is 0 Å². The molecule has 1 nitrogen and oxygen atoms in total. The van der Waals surface area contributed by atoms with Crippen molar-refractivity contribution in [2.75, 3.05) is 0 Å². The van der Waals surface area contributed by atoms with E-state index in [2.05, 4.69) is 54.6 Å². The Hall–Kier alpha value is -2.15. The SMILES string of the molecule is O=C1CCCCC1=Cc1ccc(Cc2ccccc2)cc1. The highest BCUT2D eigenvalue weighted by Gasteiger charge is 2.14. The summed E-state index contributed by atoms with van der Waals surface area (Å²) in [6.07, 6.45) is 6.86. The van der Waals surface area contributed by atoms with E-state index in [0.717, 1.165) is 43.2 Å². The first-order valence-electron chi connectivity index (χ1n) is 7.68. The molecule has 0 radical (unpaired) electrons. The van der Waals surface area contributed by atoms with Crippen LogP contribution in [0.4, 0.5) is 0 Å². The number of ketones is 1. The molecule has 1 heteroatoms. The number of benzene rings is 2. The van der Waals surface area contributed by atoms with Crippen molar-refractivity contribution in [3.05, 3.63) is 76.9 Å². The van der Waals surface area contributed by atoms with E-state index in [4.69, 9.17) is 0 Å². The predicted molar refractivity (Wildman–Crippen MR) is 87.1 cm³/mol. The molecule has 0 N–H and O–H groups in total. The molecule has 2 aromatic carbocycles. The fraction of sp³-hybridized carbons (Fsp3) is 0.250. The number of allylic oxidation sites excluding steroid dienone is 1. The molecule has 0 bridgehead atoms. The van der Waals surface area contributed by atoms with Crippen LogP contribution in [0.5, 0.6) is 0 Å². The van der Waals surface area contributed by atoms with Crippen LogP contribution in [0.1, 0.15) is 42.4 Å². The molecule has 106 valence electrons. The third kappa shape index (κ3) is 3.69. The molecule has 0 spiro atoms. The first-order chi connectivity index (χ1) is 10.3. The second kappa shape index (κ2) is 6.53. The summed E-state index contributed by atoms with van der Waals surface area (Å²) in [5.41, 5.74) is 4.76. The lowest BCUT2D eigenvalue weighted by atomic mass is 9.92. The monoisotopic (exact) mass is 276 g/mol. The first-order valence-corrected chi connectivity index (χ1v) is 7.68. The van der Waals surface area contributed by atoms with Crippen LogP contribution in [0.25, 0.3) is 6.08 Å². The molecule has 0 aromatic heterocycles. The van der Waals surface area contributed by atoms with Gasteiger partial charge in [0.05, 0.1) is 0 Å². The van der Waals surface area contributed by atoms with Crippen LogP contribution < -0.4 is 0 Å². The number of hydrogen-bond donors (Lipinski definition) is 0. The Kier molecular flexibility index (Phi) is 4.30. The van der Waals surface area contributed by atoms with E-state index in [1.54, 1.807) is 0 Å². The van der Waals surface area contributed by atoms with E-state index >= 15 is 0 Å². The van der Waals surface area contributed by atoms with Crippen LogP contribution in [0.2, 0.25) is 0 Å². The zero-order chi connectivity index (χ0) is 14.5. The van der Waals surface area contributed by atoms with Crippen molar-refractivity contribution in [1.82, 2.24) is 0 Å². The Balaban J connectivity index is 1.72. The molecule has 1 fully saturated rings. The van der Waals surface area contributed by atoms with E-state index in [1.165, 1.54) is 11.1 Å². The van der Waals surface area contributed by atoms with Gasteiger partial charge in [0.1, 0.15) is 0 Å². The van der Waals surface area contributed by atoms with Gasteiger partial charge in [-0.15, -0.1) is 0 Å². The van der Waals surface area contributed by atoms with Gasteiger partial charge < -0.3 is 0 Å². The Labute approximate surface area is 126 Å². The van der Waals surface area contributed by atoms with Gasteiger partial charge in [0.25, 0.3) is 0 Å². The van der Waals surface area contributed by atoms with Gasteiger partial charge in [-0.1, -0.05) is 54.6 Å². The summed E-state index contributed by atoms with van der Waals surface area (Å²) in [5, 5.41) is 0. The van der Waals surface area contributed by atoms with Crippen LogP contribution in [0, 0.1) is 0 Å². The maximum atomic E-state index is 11.8. The average Bonchev–Trinajstić information content (AvgIpc) is 2.52. The smallest absolute Gasteiger partial charge is 0.158 e. The number of carbonyl (C=O) groups is 1.